The maximum atomic E-state index is 13.2. The van der Waals surface area contributed by atoms with E-state index >= 15 is 0 Å². The fourth-order valence-electron chi connectivity index (χ4n) is 19.3. The third-order valence-electron chi connectivity index (χ3n) is 26.4. The molecule has 1 N–H and O–H groups in total. The van der Waals surface area contributed by atoms with Crippen molar-refractivity contribution in [3.05, 3.63) is 496 Å². The minimum absolute atomic E-state index is 0.0285. The molecule has 0 radical (unpaired) electrons. The summed E-state index contributed by atoms with van der Waals surface area (Å²) in [7, 11) is -2.85. The number of nitrogens with one attached hydrogen (secondary N) is 1. The lowest BCUT2D eigenvalue weighted by molar-refractivity contribution is 0.0487. The highest BCUT2D eigenvalue weighted by Crippen LogP contribution is 2.54. The number of para-hydroxylation sites is 6. The number of aryl methyl sites for hydroxylation is 2. The Bertz CT molecular complexity index is 7770. The van der Waals surface area contributed by atoms with Crippen LogP contribution in [-0.4, -0.2) is 48.3 Å². The number of nitrogens with zero attached hydrogens (tertiary/aromatic N) is 1. The largest absolute Gasteiger partial charge is 0.488 e. The minimum atomic E-state index is -3.44. The van der Waals surface area contributed by atoms with Gasteiger partial charge in [-0.05, 0) is 301 Å². The van der Waals surface area contributed by atoms with Gasteiger partial charge < -0.3 is 19.7 Å². The third-order valence-corrected chi connectivity index (χ3v) is 48.1. The van der Waals surface area contributed by atoms with Crippen molar-refractivity contribution in [1.82, 2.24) is 0 Å². The molecule has 27 rings (SSSR count). The topological polar surface area (TPSA) is 84.9 Å². The standard InChI is InChI=1S/C20H18NS.C19H16NS.C18H12FOS.C18H12FS.C18H13O2S2.C18H13OS2.C17H25OS2/c1-15-11-13-16(14-12-15)22-19-9-5-3-7-17(19)21(2)18-8-4-6-10-20(18)22;1-14-10-12-15(13-11-14)21-18-8-4-2-6-16(18)20-17-7-3-5-9-19(17)21;19-13-9-11-14(12-10-13)21-17-7-3-1-5-15(17)20-16-6-2-4-8-18(16)21;19-13-9-11-14(12-10-13)20-17-7-3-1-5-15(17)16-6-2-4-8-18(16)20;19-22(20)17-12-6-4-10-15(17)21(14-8-2-1-3-9-14)16-11-5-7-13-18(16)22;19-21-17-12-6-4-10-15(17)20(14-8-2-1-3-9-14)16-11-5-7-13-18(16)21;1-17(9-3-2-4-10-17)18-15-5-7-16(8-6-15)20-13-11-19-12-14-20/h3-14H,1-2H3;2-13,20H,1H3;1-12H;1-12H;1-13H;1-13H;5-8H,2-4,9-14H2,1H3/q7*+1. The average molecular weight is 2110 g/mol. The van der Waals surface area contributed by atoms with Crippen LogP contribution in [0, 0.1) is 25.5 Å². The van der Waals surface area contributed by atoms with Crippen molar-refractivity contribution in [2.75, 3.05) is 40.3 Å². The van der Waals surface area contributed by atoms with Gasteiger partial charge in [0.2, 0.25) is 19.6 Å². The van der Waals surface area contributed by atoms with Crippen molar-refractivity contribution >= 4 is 151 Å². The number of hydrogen-bond acceptors (Lipinski definition) is 8. The summed E-state index contributed by atoms with van der Waals surface area (Å²) in [6, 6.07) is 160. The third kappa shape index (κ3) is 21.7. The van der Waals surface area contributed by atoms with Gasteiger partial charge in [0.15, 0.2) is 94.3 Å². The van der Waals surface area contributed by atoms with Crippen LogP contribution < -0.4 is 19.7 Å². The van der Waals surface area contributed by atoms with E-state index in [1.54, 1.807) is 36.4 Å². The zero-order valence-corrected chi connectivity index (χ0v) is 89.9. The molecule has 19 heteroatoms. The first kappa shape index (κ1) is 100.0. The number of hydrogen-bond donors (Lipinski definition) is 1. The lowest BCUT2D eigenvalue weighted by Gasteiger charge is -2.34. The van der Waals surface area contributed by atoms with Crippen molar-refractivity contribution < 1.29 is 30.9 Å². The molecule has 0 bridgehead atoms. The molecule has 1 aromatic heterocycles. The lowest BCUT2D eigenvalue weighted by Crippen LogP contribution is -2.34. The second-order valence-corrected chi connectivity index (χ2v) is 54.8. The number of thioether (sulfide) groups is 1. The maximum absolute atomic E-state index is 13.2. The first-order chi connectivity index (χ1) is 72.1. The molecule has 0 unspecified atom stereocenters. The zero-order chi connectivity index (χ0) is 100. The van der Waals surface area contributed by atoms with Gasteiger partial charge >= 0.3 is 0 Å². The highest BCUT2D eigenvalue weighted by Gasteiger charge is 2.47. The Labute approximate surface area is 888 Å². The van der Waals surface area contributed by atoms with E-state index in [-0.39, 0.29) is 82.2 Å². The molecule has 0 amide bonds. The molecule has 19 aromatic carbocycles. The second-order valence-electron chi connectivity index (χ2n) is 36.3. The van der Waals surface area contributed by atoms with E-state index in [1.807, 2.05) is 146 Å². The highest BCUT2D eigenvalue weighted by molar-refractivity contribution is 8.05. The van der Waals surface area contributed by atoms with Gasteiger partial charge in [0.1, 0.15) is 98.8 Å². The van der Waals surface area contributed by atoms with Crippen LogP contribution in [0.5, 0.6) is 17.2 Å². The van der Waals surface area contributed by atoms with Gasteiger partial charge in [0.05, 0.1) is 43.3 Å². The Balaban J connectivity index is 0.000000101. The number of sulfone groups is 1. The van der Waals surface area contributed by atoms with E-state index in [1.165, 1.54) is 175 Å². The quantitative estimate of drug-likeness (QED) is 0.143. The molecule has 1 aliphatic carbocycles. The van der Waals surface area contributed by atoms with E-state index in [0.717, 1.165) is 56.4 Å². The van der Waals surface area contributed by atoms with Crippen LogP contribution in [0.3, 0.4) is 0 Å². The summed E-state index contributed by atoms with van der Waals surface area (Å²) in [5.74, 6) is 7.82. The van der Waals surface area contributed by atoms with E-state index in [9.17, 15) is 21.4 Å². The molecule has 147 heavy (non-hydrogen) atoms. The van der Waals surface area contributed by atoms with Crippen LogP contribution in [0.1, 0.15) is 50.2 Å². The fraction of sp³-hybridized carbons (Fsp3) is 0.109. The number of fused-ring (bicyclic) bond motifs is 13. The van der Waals surface area contributed by atoms with Gasteiger partial charge in [-0.2, -0.15) is 11.8 Å². The zero-order valence-electron chi connectivity index (χ0n) is 81.7. The van der Waals surface area contributed by atoms with Crippen LogP contribution in [-0.2, 0) is 86.0 Å². The second kappa shape index (κ2) is 45.8. The predicted molar refractivity (Wildman–Crippen MR) is 615 cm³/mol. The Morgan fingerprint density at radius 2 is 0.673 bits per heavy atom. The van der Waals surface area contributed by atoms with Crippen molar-refractivity contribution in [3.8, 4) is 22.1 Å². The monoisotopic (exact) mass is 2110 g/mol. The molecule has 7 aliphatic rings. The number of benzene rings is 19. The summed E-state index contributed by atoms with van der Waals surface area (Å²) in [4.78, 5) is 26.0. The first-order valence-electron chi connectivity index (χ1n) is 49.3. The number of anilines is 4. The smallest absolute Gasteiger partial charge is 0.216 e. The lowest BCUT2D eigenvalue weighted by atomic mass is 9.86. The first-order valence-corrected chi connectivity index (χ1v) is 62.0. The minimum Gasteiger partial charge on any atom is -0.488 e. The molecule has 2 fully saturated rings. The number of thiophene rings is 1. The van der Waals surface area contributed by atoms with Crippen molar-refractivity contribution in [2.24, 2.45) is 0 Å². The molecule has 728 valence electrons. The Kier molecular flexibility index (Phi) is 31.1. The van der Waals surface area contributed by atoms with Crippen LogP contribution >= 0.6 is 22.2 Å². The van der Waals surface area contributed by atoms with Crippen molar-refractivity contribution in [2.45, 2.75) is 156 Å². The Morgan fingerprint density at radius 3 is 1.14 bits per heavy atom. The van der Waals surface area contributed by atoms with Crippen LogP contribution in [0.4, 0.5) is 31.5 Å². The fourth-order valence-corrected chi connectivity index (χ4v) is 41.5. The van der Waals surface area contributed by atoms with Crippen molar-refractivity contribution in [3.63, 3.8) is 0 Å². The SMILES string of the molecule is CC1(Oc2ccc([S+]3CCSCC3)cc2)CCCCC1.Cc1ccc([S+]2c3ccccc3N(C)c3ccccc32)cc1.Cc1ccc([S+]2c3ccccc3Nc3ccccc32)cc1.Fc1ccc(-[s+]2c3ccccc3c3ccccc32)cc1.Fc1ccc([S+]2c3ccccc3Oc3ccccc32)cc1.O=S1(=O)c2ccccc2[S+](c2ccccc2)c2ccccc21.O=S1c2ccccc2[S+](c2ccccc2)c2ccccc21. The summed E-state index contributed by atoms with van der Waals surface area (Å²) < 4.78 is 79.9. The van der Waals surface area contributed by atoms with Gasteiger partial charge in [-0.1, -0.05) is 224 Å². The molecule has 6 aliphatic heterocycles. The van der Waals surface area contributed by atoms with E-state index in [0.29, 0.717) is 20.7 Å². The van der Waals surface area contributed by atoms with E-state index in [4.69, 9.17) is 9.47 Å². The number of ether oxygens (including phenoxy) is 2. The molecular weight excluding hydrogens is 2000 g/mol. The van der Waals surface area contributed by atoms with Gasteiger partial charge in [0.25, 0.3) is 0 Å². The van der Waals surface area contributed by atoms with Crippen molar-refractivity contribution in [1.29, 1.82) is 0 Å². The molecular formula is C128H109F2N2O5S10+7. The Morgan fingerprint density at radius 1 is 0.340 bits per heavy atom. The molecule has 1 saturated heterocycles. The van der Waals surface area contributed by atoms with Crippen LogP contribution in [0.25, 0.3) is 25.1 Å². The molecule has 1 saturated carbocycles. The van der Waals surface area contributed by atoms with Gasteiger partial charge in [-0.15, -0.1) is 0 Å². The summed E-state index contributed by atoms with van der Waals surface area (Å²) >= 11 is 2.10. The van der Waals surface area contributed by atoms with Gasteiger partial charge in [-0.25, -0.2) is 21.4 Å². The molecule has 7 nitrogen and oxygen atoms in total. The average Bonchev–Trinajstić information content (AvgIpc) is 0.807. The molecule has 20 aromatic rings. The summed E-state index contributed by atoms with van der Waals surface area (Å²) in [5.41, 5.74) is 7.75. The summed E-state index contributed by atoms with van der Waals surface area (Å²) in [5, 5.41) is 6.16. The molecule has 7 heterocycles. The van der Waals surface area contributed by atoms with E-state index in [2.05, 4.69) is 329 Å². The summed E-state index contributed by atoms with van der Waals surface area (Å²) in [6.07, 6.45) is 6.41. The summed E-state index contributed by atoms with van der Waals surface area (Å²) in [6.45, 7) is 6.56. The normalized spacial score (nSPS) is 15.7. The number of halogens is 2. The maximum Gasteiger partial charge on any atom is 0.216 e. The number of rotatable bonds is 9. The predicted octanol–water partition coefficient (Wildman–Crippen LogP) is 33.9. The van der Waals surface area contributed by atoms with Gasteiger partial charge in [0, 0.05) is 62.8 Å². The van der Waals surface area contributed by atoms with Crippen LogP contribution in [0.15, 0.2) is 571 Å². The van der Waals surface area contributed by atoms with Gasteiger partial charge in [-0.3, -0.25) is 0 Å². The molecule has 0 spiro atoms. The van der Waals surface area contributed by atoms with Crippen LogP contribution in [0.2, 0.25) is 0 Å². The van der Waals surface area contributed by atoms with E-state index < -0.39 is 20.6 Å². The highest BCUT2D eigenvalue weighted by atomic mass is 32.2. The molecule has 0 atom stereocenters. The Hall–Kier alpha value is -13.0.